The molecule has 0 saturated carbocycles. The Morgan fingerprint density at radius 1 is 1.42 bits per heavy atom. The third-order valence-electron chi connectivity index (χ3n) is 3.66. The highest BCUT2D eigenvalue weighted by molar-refractivity contribution is 7.80. The summed E-state index contributed by atoms with van der Waals surface area (Å²) < 4.78 is 0. The minimum Gasteiger partial charge on any atom is -0.392 e. The molecule has 1 aromatic rings. The van der Waals surface area contributed by atoms with Gasteiger partial charge in [-0.1, -0.05) is 49.8 Å². The molecule has 1 aliphatic rings. The molecule has 0 saturated heterocycles. The molecule has 1 unspecified atom stereocenters. The van der Waals surface area contributed by atoms with E-state index in [9.17, 15) is 4.79 Å². The maximum atomic E-state index is 12.3. The van der Waals surface area contributed by atoms with E-state index in [1.807, 2.05) is 12.1 Å². The second-order valence-electron chi connectivity index (χ2n) is 5.13. The van der Waals surface area contributed by atoms with Crippen molar-refractivity contribution in [1.82, 2.24) is 5.32 Å². The number of fused-ring (bicyclic) bond motifs is 1. The third kappa shape index (κ3) is 3.32. The van der Waals surface area contributed by atoms with Crippen LogP contribution in [0, 0.1) is 5.92 Å². The number of nitrogens with one attached hydrogen (secondary N) is 1. The Morgan fingerprint density at radius 2 is 2.00 bits per heavy atom. The predicted molar refractivity (Wildman–Crippen MR) is 81.0 cm³/mol. The van der Waals surface area contributed by atoms with Gasteiger partial charge in [-0.2, -0.15) is 0 Å². The maximum Gasteiger partial charge on any atom is 0.224 e. The van der Waals surface area contributed by atoms with E-state index >= 15 is 0 Å². The fourth-order valence-corrected chi connectivity index (χ4v) is 2.78. The lowest BCUT2D eigenvalue weighted by Gasteiger charge is -2.19. The van der Waals surface area contributed by atoms with Gasteiger partial charge in [0.15, 0.2) is 0 Å². The van der Waals surface area contributed by atoms with Crippen molar-refractivity contribution in [3.05, 3.63) is 35.4 Å². The Kier molecular flexibility index (Phi) is 4.53. The van der Waals surface area contributed by atoms with Crippen molar-refractivity contribution in [3.8, 4) is 0 Å². The quantitative estimate of drug-likeness (QED) is 0.809. The Balaban J connectivity index is 1.97. The normalized spacial score (nSPS) is 15.8. The van der Waals surface area contributed by atoms with Crippen LogP contribution in [0.2, 0.25) is 0 Å². The smallest absolute Gasteiger partial charge is 0.224 e. The van der Waals surface area contributed by atoms with E-state index in [4.69, 9.17) is 18.0 Å². The van der Waals surface area contributed by atoms with E-state index in [0.717, 1.165) is 25.7 Å². The van der Waals surface area contributed by atoms with Crippen molar-refractivity contribution >= 4 is 23.1 Å². The first-order chi connectivity index (χ1) is 9.11. The number of thiocarbonyl (C=S) groups is 1. The van der Waals surface area contributed by atoms with Crippen molar-refractivity contribution < 1.29 is 4.79 Å². The lowest BCUT2D eigenvalue weighted by molar-refractivity contribution is -0.125. The van der Waals surface area contributed by atoms with E-state index in [-0.39, 0.29) is 17.9 Å². The van der Waals surface area contributed by atoms with E-state index in [1.165, 1.54) is 11.1 Å². The van der Waals surface area contributed by atoms with Crippen molar-refractivity contribution in [2.24, 2.45) is 11.7 Å². The molecule has 0 spiro atoms. The van der Waals surface area contributed by atoms with Crippen LogP contribution in [0.3, 0.4) is 0 Å². The fraction of sp³-hybridized carbons (Fsp3) is 0.467. The van der Waals surface area contributed by atoms with Crippen LogP contribution in [0.1, 0.15) is 30.9 Å². The molecule has 1 aromatic carbocycles. The van der Waals surface area contributed by atoms with Gasteiger partial charge in [0.05, 0.1) is 11.0 Å². The maximum absolute atomic E-state index is 12.3. The monoisotopic (exact) mass is 276 g/mol. The van der Waals surface area contributed by atoms with Crippen molar-refractivity contribution in [3.63, 3.8) is 0 Å². The van der Waals surface area contributed by atoms with Crippen molar-refractivity contribution in [2.45, 2.75) is 38.6 Å². The largest absolute Gasteiger partial charge is 0.392 e. The minimum absolute atomic E-state index is 0.0195. The zero-order valence-corrected chi connectivity index (χ0v) is 12.0. The summed E-state index contributed by atoms with van der Waals surface area (Å²) in [7, 11) is 0. The Hall–Kier alpha value is -1.42. The molecule has 3 N–H and O–H groups in total. The number of hydrogen-bond acceptors (Lipinski definition) is 2. The van der Waals surface area contributed by atoms with Crippen molar-refractivity contribution in [2.75, 3.05) is 0 Å². The molecule has 1 atom stereocenters. The van der Waals surface area contributed by atoms with Gasteiger partial charge in [0, 0.05) is 5.92 Å². The number of benzene rings is 1. The Morgan fingerprint density at radius 3 is 2.47 bits per heavy atom. The molecule has 1 aliphatic carbocycles. The molecule has 4 heteroatoms. The predicted octanol–water partition coefficient (Wildman–Crippen LogP) is 1.97. The number of carbonyl (C=O) groups is 1. The molecule has 0 bridgehead atoms. The van der Waals surface area contributed by atoms with Gasteiger partial charge in [-0.15, -0.1) is 0 Å². The van der Waals surface area contributed by atoms with Crippen LogP contribution < -0.4 is 11.1 Å². The van der Waals surface area contributed by atoms with Crippen LogP contribution in [0.5, 0.6) is 0 Å². The van der Waals surface area contributed by atoms with Gasteiger partial charge in [-0.05, 0) is 30.4 Å². The summed E-state index contributed by atoms with van der Waals surface area (Å²) in [4.78, 5) is 12.7. The first-order valence-electron chi connectivity index (χ1n) is 6.78. The number of nitrogens with two attached hydrogens (primary N) is 1. The number of carbonyl (C=O) groups excluding carboxylic acids is 1. The summed E-state index contributed by atoms with van der Waals surface area (Å²) in [5.41, 5.74) is 8.24. The number of rotatable bonds is 5. The standard InChI is InChI=1S/C15H20N2OS/c1-2-5-13(14(16)19)17-15(18)12-8-10-6-3-4-7-11(10)9-12/h3-4,6-7,12-13H,2,5,8-9H2,1H3,(H2,16,19)(H,17,18). The molecule has 102 valence electrons. The second-order valence-corrected chi connectivity index (χ2v) is 5.60. The molecule has 19 heavy (non-hydrogen) atoms. The van der Waals surface area contributed by atoms with Crippen LogP contribution in [0.4, 0.5) is 0 Å². The average molecular weight is 276 g/mol. The molecule has 0 radical (unpaired) electrons. The summed E-state index contributed by atoms with van der Waals surface area (Å²) >= 11 is 5.01. The van der Waals surface area contributed by atoms with Gasteiger partial charge in [0.2, 0.25) is 5.91 Å². The van der Waals surface area contributed by atoms with Gasteiger partial charge < -0.3 is 11.1 Å². The summed E-state index contributed by atoms with van der Waals surface area (Å²) in [5, 5.41) is 2.99. The summed E-state index contributed by atoms with van der Waals surface area (Å²) in [5.74, 6) is 0.0913. The average Bonchev–Trinajstić information content (AvgIpc) is 2.81. The van der Waals surface area contributed by atoms with Crippen LogP contribution in [0.15, 0.2) is 24.3 Å². The van der Waals surface area contributed by atoms with Crippen LogP contribution in [-0.2, 0) is 17.6 Å². The highest BCUT2D eigenvalue weighted by Gasteiger charge is 2.28. The highest BCUT2D eigenvalue weighted by atomic mass is 32.1. The van der Waals surface area contributed by atoms with Gasteiger partial charge >= 0.3 is 0 Å². The zero-order chi connectivity index (χ0) is 13.8. The summed E-state index contributed by atoms with van der Waals surface area (Å²) in [6, 6.07) is 8.07. The molecular weight excluding hydrogens is 256 g/mol. The van der Waals surface area contributed by atoms with Gasteiger partial charge in [-0.3, -0.25) is 4.79 Å². The molecule has 0 heterocycles. The minimum atomic E-state index is -0.170. The van der Waals surface area contributed by atoms with Crippen LogP contribution in [-0.4, -0.2) is 16.9 Å². The van der Waals surface area contributed by atoms with Gasteiger partial charge in [0.25, 0.3) is 0 Å². The fourth-order valence-electron chi connectivity index (χ4n) is 2.61. The van der Waals surface area contributed by atoms with E-state index in [0.29, 0.717) is 4.99 Å². The second kappa shape index (κ2) is 6.15. The summed E-state index contributed by atoms with van der Waals surface area (Å²) in [6.45, 7) is 2.06. The first-order valence-corrected chi connectivity index (χ1v) is 7.19. The molecule has 2 rings (SSSR count). The molecule has 0 aliphatic heterocycles. The molecule has 3 nitrogen and oxygen atoms in total. The summed E-state index contributed by atoms with van der Waals surface area (Å²) in [6.07, 6.45) is 3.39. The lowest BCUT2D eigenvalue weighted by atomic mass is 10.0. The SMILES string of the molecule is CCCC(NC(=O)C1Cc2ccccc2C1)C(N)=S. The molecular formula is C15H20N2OS. The molecule has 1 amide bonds. The third-order valence-corrected chi connectivity index (χ3v) is 3.94. The number of hydrogen-bond donors (Lipinski definition) is 2. The van der Waals surface area contributed by atoms with E-state index < -0.39 is 0 Å². The van der Waals surface area contributed by atoms with Gasteiger partial charge in [-0.25, -0.2) is 0 Å². The van der Waals surface area contributed by atoms with Crippen LogP contribution >= 0.6 is 12.2 Å². The number of amides is 1. The first kappa shape index (κ1) is 14.0. The molecule has 0 fully saturated rings. The van der Waals surface area contributed by atoms with Gasteiger partial charge in [0.1, 0.15) is 0 Å². The Bertz CT molecular complexity index is 462. The van der Waals surface area contributed by atoms with E-state index in [2.05, 4.69) is 24.4 Å². The van der Waals surface area contributed by atoms with Crippen LogP contribution in [0.25, 0.3) is 0 Å². The lowest BCUT2D eigenvalue weighted by Crippen LogP contribution is -2.45. The van der Waals surface area contributed by atoms with Crippen molar-refractivity contribution in [1.29, 1.82) is 0 Å². The topological polar surface area (TPSA) is 55.1 Å². The highest BCUT2D eigenvalue weighted by Crippen LogP contribution is 2.26. The van der Waals surface area contributed by atoms with E-state index in [1.54, 1.807) is 0 Å². The zero-order valence-electron chi connectivity index (χ0n) is 11.2. The Labute approximate surface area is 119 Å². The molecule has 0 aromatic heterocycles.